The zero-order chi connectivity index (χ0) is 105. The van der Waals surface area contributed by atoms with Crippen LogP contribution < -0.4 is 70.2 Å². The minimum absolute atomic E-state index is 0.162. The molecule has 1 saturated carbocycles. The summed E-state index contributed by atoms with van der Waals surface area (Å²) < 4.78 is 150. The van der Waals surface area contributed by atoms with Crippen LogP contribution in [-0.2, 0) is 29.8 Å². The van der Waals surface area contributed by atoms with Crippen molar-refractivity contribution in [1.82, 2.24) is 44.9 Å². The summed E-state index contributed by atoms with van der Waals surface area (Å²) in [6.07, 6.45) is 15.6. The molecule has 148 heavy (non-hydrogen) atoms. The first-order valence-electron chi connectivity index (χ1n) is 49.2. The van der Waals surface area contributed by atoms with Gasteiger partial charge in [0, 0.05) is 106 Å². The molecule has 1 aliphatic heterocycles. The van der Waals surface area contributed by atoms with E-state index in [0.717, 1.165) is 90.5 Å². The van der Waals surface area contributed by atoms with Crippen LogP contribution >= 0.6 is 0 Å². The van der Waals surface area contributed by atoms with Gasteiger partial charge in [-0.3, -0.25) is 14.6 Å². The van der Waals surface area contributed by atoms with Gasteiger partial charge in [-0.05, 0) is 234 Å². The highest BCUT2D eigenvalue weighted by Gasteiger charge is 2.27. The smallest absolute Gasteiger partial charge is 0.298 e. The number of piperidine rings is 1. The van der Waals surface area contributed by atoms with E-state index in [1.165, 1.54) is 4.74 Å². The quantitative estimate of drug-likeness (QED) is 0.0176. The Hall–Kier alpha value is -15.5. The zero-order valence-corrected chi connectivity index (χ0v) is 85.1. The predicted molar refractivity (Wildman–Crippen MR) is 561 cm³/mol. The number of benzene rings is 7. The van der Waals surface area contributed by atoms with Crippen LogP contribution in [0.5, 0.6) is 40.4 Å². The fraction of sp³-hybridized carbons (Fsp3) is 0.360. The monoisotopic (exact) mass is 2040 g/mol. The van der Waals surface area contributed by atoms with Gasteiger partial charge in [0.1, 0.15) is 108 Å². The summed E-state index contributed by atoms with van der Waals surface area (Å²) in [5, 5.41) is 34.9. The lowest BCUT2D eigenvalue weighted by Crippen LogP contribution is -2.39. The van der Waals surface area contributed by atoms with Gasteiger partial charge in [0.2, 0.25) is 11.8 Å². The number of carbonyl (C=O) groups is 1. The van der Waals surface area contributed by atoms with Gasteiger partial charge >= 0.3 is 0 Å². The molecule has 0 unspecified atom stereocenters. The number of pyridine rings is 2. The molecule has 786 valence electrons. The molecule has 37 heteroatoms. The molecule has 15 aromatic rings. The molecule has 1 amide bonds. The number of aryl methyl sites for hydroxylation is 1. The molecule has 1 aliphatic carbocycles. The summed E-state index contributed by atoms with van der Waals surface area (Å²) in [5.41, 5.74) is 13.9. The van der Waals surface area contributed by atoms with Crippen molar-refractivity contribution in [3.63, 3.8) is 0 Å². The number of methoxy groups -OCH3 is 1. The van der Waals surface area contributed by atoms with Gasteiger partial charge in [-0.1, -0.05) is 84.0 Å². The topological polar surface area (TPSA) is 377 Å². The second kappa shape index (κ2) is 56.2. The van der Waals surface area contributed by atoms with Crippen molar-refractivity contribution in [2.45, 2.75) is 196 Å². The minimum Gasteiger partial charge on any atom is -0.489 e. The molecule has 17 rings (SSSR count). The van der Waals surface area contributed by atoms with Gasteiger partial charge in [-0.2, -0.15) is 29.7 Å². The molecule has 0 radical (unpaired) electrons. The van der Waals surface area contributed by atoms with Gasteiger partial charge in [0.05, 0.1) is 68.2 Å². The number of likely N-dealkylation sites (N-methyl/N-ethyl adjacent to an activating group) is 1. The van der Waals surface area contributed by atoms with Crippen molar-refractivity contribution in [2.75, 3.05) is 93.1 Å². The summed E-state index contributed by atoms with van der Waals surface area (Å²) >= 11 is 0. The van der Waals surface area contributed by atoms with Crippen LogP contribution in [0.2, 0.25) is 0 Å². The Bertz CT molecular complexity index is 7010. The third-order valence-electron chi connectivity index (χ3n) is 23.9. The standard InChI is InChI=1S/C22H24FN3O3.C19H20FN3O3.C19H20FN3O2.C18H23FN2O3.C17H21FN2O3.C16H20FNO3/c1-3-15(13-23)14-28-17-9-10-18-20(12-17)29-22(25-18)26-19(21(27)24-2)11-16-7-5-4-6-8-16;1-3-13(10-20)12-25-15-6-7-16-17(9-15)26-19(23-16)22-11-14-5-4-8-21-18(14)24-2;1-3-14(9-20)12-24-16-6-7-17-18(8-16)25-19(23-17)22-11-15-5-4-13(2)21-10-15;1-2-12(10-19)11-23-15-7-8-16-17(9-15)24-18(21-16)20-13-3-5-14(22)6-4-13;1-2-12(10-18)11-22-14-3-4-15-16(9-14)23-17(19-15)20-7-5-13(21)6-8-20;1-5-11(9-17)10-20-12-6-7-13-14(8-12)21-18(15(13)19)16(2,3)4/h4-10,12-13,19H,3,11,14H2,1-2H3,(H,24,27)(H,25,26);4-10H,3,11-12H2,1-2H3,(H,22,23);4-10H,3,11-12H2,1-2H3,(H,22,23);7-10,13-14,22H,2-6,11H2,1H3,(H,20,21);3-4,9-10,13,21H,2,5-8,11H2,1H3;6-9H,5,10H2,1-4H3/b15-13-;13-10-;14-9-;2*12-10-;11-9-/t19-;;;;;/m1...../s1. The third kappa shape index (κ3) is 33.0. The minimum atomic E-state index is -0.534. The Balaban J connectivity index is 0.000000158. The number of aliphatic hydroxyl groups is 2. The van der Waals surface area contributed by atoms with Crippen LogP contribution in [0.3, 0.4) is 0 Å². The lowest BCUT2D eigenvalue weighted by molar-refractivity contribution is -0.121. The molecule has 0 spiro atoms. The number of nitrogens with one attached hydrogen (secondary N) is 5. The van der Waals surface area contributed by atoms with Gasteiger partial charge in [-0.25, -0.2) is 31.3 Å². The molecule has 1 saturated heterocycles. The van der Waals surface area contributed by atoms with Gasteiger partial charge in [0.25, 0.3) is 35.6 Å². The number of ether oxygens (including phenoxy) is 7. The van der Waals surface area contributed by atoms with Crippen LogP contribution in [0.1, 0.15) is 162 Å². The number of hydrogen-bond donors (Lipinski definition) is 7. The van der Waals surface area contributed by atoms with Crippen LogP contribution in [-0.4, -0.2) is 147 Å². The first-order chi connectivity index (χ1) is 71.7. The van der Waals surface area contributed by atoms with E-state index in [4.69, 9.17) is 59.8 Å². The van der Waals surface area contributed by atoms with Crippen molar-refractivity contribution in [3.05, 3.63) is 280 Å². The summed E-state index contributed by atoms with van der Waals surface area (Å²) in [7, 11) is 3.17. The van der Waals surface area contributed by atoms with E-state index in [2.05, 4.69) is 61.5 Å². The predicted octanol–water partition coefficient (Wildman–Crippen LogP) is 25.1. The molecule has 2 fully saturated rings. The highest BCUT2D eigenvalue weighted by atomic mass is 19.1. The van der Waals surface area contributed by atoms with E-state index in [-0.39, 0.29) is 75.4 Å². The number of halogens is 6. The van der Waals surface area contributed by atoms with Crippen molar-refractivity contribution in [1.29, 1.82) is 0 Å². The van der Waals surface area contributed by atoms with E-state index in [1.807, 2.05) is 153 Å². The summed E-state index contributed by atoms with van der Waals surface area (Å²) in [6, 6.07) is 51.0. The third-order valence-corrected chi connectivity index (χ3v) is 23.9. The second-order valence-electron chi connectivity index (χ2n) is 35.8. The van der Waals surface area contributed by atoms with E-state index in [0.29, 0.717) is 244 Å². The highest BCUT2D eigenvalue weighted by molar-refractivity contribution is 5.85. The largest absolute Gasteiger partial charge is 0.489 e. The Kier molecular flexibility index (Phi) is 42.3. The molecule has 2 aliphatic rings. The molecule has 7 aromatic carbocycles. The van der Waals surface area contributed by atoms with E-state index >= 15 is 0 Å². The summed E-state index contributed by atoms with van der Waals surface area (Å²) in [5.74, 6) is 3.96. The zero-order valence-electron chi connectivity index (χ0n) is 85.1. The van der Waals surface area contributed by atoms with Gasteiger partial charge in [0.15, 0.2) is 33.5 Å². The molecule has 7 N–H and O–H groups in total. The van der Waals surface area contributed by atoms with Gasteiger partial charge < -0.3 is 101 Å². The number of oxazole rings is 5. The van der Waals surface area contributed by atoms with Crippen molar-refractivity contribution in [3.8, 4) is 40.4 Å². The maximum absolute atomic E-state index is 12.7. The Morgan fingerprint density at radius 3 is 1.28 bits per heavy atom. The number of aromatic nitrogens is 8. The molecule has 31 nitrogen and oxygen atoms in total. The van der Waals surface area contributed by atoms with Crippen molar-refractivity contribution in [2.24, 2.45) is 0 Å². The van der Waals surface area contributed by atoms with Crippen LogP contribution in [0, 0.1) is 6.92 Å². The number of carbonyl (C=O) groups excluding carboxylic acids is 1. The SMILES string of the molecule is CC/C(=C/F)COc1ccc2c(=O)n(C(C)(C)C)oc2c1.CC/C(=C/F)COc1ccc2nc(N3CCC(O)CC3)oc2c1.CC/C(=C/F)COc1ccc2nc(NC3CCC(O)CC3)oc2c1.CC/C(=C/F)COc1ccc2nc(NCc3ccc(C)nc3)oc2c1.CC/C(=C/F)COc1ccc2nc(NCc3cccnc3OC)oc2c1.CC/C(=C/F)COc1ccc2nc(N[C@H](Cc3ccccc3)C(=O)NC)oc2c1. The van der Waals surface area contributed by atoms with E-state index in [1.54, 1.807) is 111 Å². The second-order valence-corrected chi connectivity index (χ2v) is 35.8. The normalized spacial score (nSPS) is 14.5. The summed E-state index contributed by atoms with van der Waals surface area (Å²) in [6.45, 7) is 22.6. The maximum atomic E-state index is 12.7. The maximum Gasteiger partial charge on any atom is 0.298 e. The van der Waals surface area contributed by atoms with E-state index in [9.17, 15) is 46.1 Å². The summed E-state index contributed by atoms with van der Waals surface area (Å²) in [4.78, 5) is 57.0. The van der Waals surface area contributed by atoms with Crippen LogP contribution in [0.4, 0.5) is 56.4 Å². The molecule has 0 bridgehead atoms. The molecule has 8 aromatic heterocycles. The average Bonchev–Trinajstić information content (AvgIpc) is 1.63. The molecular formula is C111H128F6N14O17. The number of hydrogen-bond acceptors (Lipinski definition) is 29. The first kappa shape index (κ1) is 111. The Morgan fingerprint density at radius 2 is 0.858 bits per heavy atom. The number of aliphatic hydroxyl groups excluding tert-OH is 2. The molecule has 1 atom stereocenters. The Morgan fingerprint density at radius 1 is 0.459 bits per heavy atom. The lowest BCUT2D eigenvalue weighted by atomic mass is 9.93. The average molecular weight is 2040 g/mol. The number of nitrogens with zero attached hydrogens (tertiary/aromatic N) is 9. The van der Waals surface area contributed by atoms with Crippen molar-refractivity contribution < 1.29 is 101 Å². The lowest BCUT2D eigenvalue weighted by Gasteiger charge is -2.27. The number of anilines is 5. The van der Waals surface area contributed by atoms with E-state index < -0.39 is 11.6 Å². The fourth-order valence-corrected chi connectivity index (χ4v) is 14.8. The number of rotatable bonds is 39. The fourth-order valence-electron chi connectivity index (χ4n) is 14.8. The number of fused-ring (bicyclic) bond motifs is 6. The van der Waals surface area contributed by atoms with Gasteiger partial charge in [-0.15, -0.1) is 0 Å². The number of amides is 1. The van der Waals surface area contributed by atoms with Crippen LogP contribution in [0.15, 0.2) is 279 Å². The highest BCUT2D eigenvalue weighted by Crippen LogP contribution is 2.35. The molecular weight excluding hydrogens is 1920 g/mol. The first-order valence-corrected chi connectivity index (χ1v) is 49.2. The molecule has 9 heterocycles. The van der Waals surface area contributed by atoms with Crippen molar-refractivity contribution >= 4 is 102 Å². The van der Waals surface area contributed by atoms with Crippen LogP contribution in [0.25, 0.3) is 66.5 Å². The Labute approximate surface area is 853 Å².